The van der Waals surface area contributed by atoms with Crippen LogP contribution in [0.3, 0.4) is 0 Å². The van der Waals surface area contributed by atoms with Crippen molar-refractivity contribution in [2.45, 2.75) is 25.9 Å². The van der Waals surface area contributed by atoms with Gasteiger partial charge in [-0.25, -0.2) is 0 Å². The summed E-state index contributed by atoms with van der Waals surface area (Å²) in [5.41, 5.74) is 7.05. The van der Waals surface area contributed by atoms with Crippen LogP contribution < -0.4 is 10.6 Å². The monoisotopic (exact) mass is 415 g/mol. The molecule has 5 aromatic rings. The van der Waals surface area contributed by atoms with E-state index in [2.05, 4.69) is 72.4 Å². The highest BCUT2D eigenvalue weighted by molar-refractivity contribution is 7.18. The van der Waals surface area contributed by atoms with E-state index in [1.807, 2.05) is 13.0 Å². The van der Waals surface area contributed by atoms with Crippen LogP contribution in [0.25, 0.3) is 32.4 Å². The minimum atomic E-state index is 0.356. The molecule has 0 amide bonds. The Morgan fingerprint density at radius 2 is 2.03 bits per heavy atom. The summed E-state index contributed by atoms with van der Waals surface area (Å²) in [6.45, 7) is 3.68. The number of H-pyrrole nitrogens is 2. The second-order valence-electron chi connectivity index (χ2n) is 7.77. The highest BCUT2D eigenvalue weighted by Crippen LogP contribution is 2.30. The smallest absolute Gasteiger partial charge is 0.206 e. The molecule has 0 aliphatic carbocycles. The Labute approximate surface area is 176 Å². The summed E-state index contributed by atoms with van der Waals surface area (Å²) in [4.78, 5) is 3.54. The number of nitrogens with one attached hydrogen (secondary N) is 4. The molecule has 2 aromatic carbocycles. The first kappa shape index (κ1) is 17.6. The maximum Gasteiger partial charge on any atom is 0.206 e. The van der Waals surface area contributed by atoms with E-state index in [9.17, 15) is 0 Å². The molecule has 4 N–H and O–H groups in total. The van der Waals surface area contributed by atoms with Crippen LogP contribution in [0.1, 0.15) is 17.0 Å². The zero-order valence-corrected chi connectivity index (χ0v) is 17.3. The van der Waals surface area contributed by atoms with Crippen molar-refractivity contribution in [3.8, 4) is 10.6 Å². The molecule has 30 heavy (non-hydrogen) atoms. The van der Waals surface area contributed by atoms with Gasteiger partial charge in [-0.1, -0.05) is 29.5 Å². The molecule has 1 atom stereocenters. The van der Waals surface area contributed by atoms with E-state index in [0.717, 1.165) is 51.8 Å². The number of anilines is 1. The van der Waals surface area contributed by atoms with Gasteiger partial charge < -0.3 is 15.6 Å². The van der Waals surface area contributed by atoms with Gasteiger partial charge in [0.1, 0.15) is 5.01 Å². The molecule has 0 saturated heterocycles. The third-order valence-electron chi connectivity index (χ3n) is 5.85. The number of aryl methyl sites for hydroxylation is 1. The Hall–Kier alpha value is -3.23. The summed E-state index contributed by atoms with van der Waals surface area (Å²) < 4.78 is 0. The number of fused-ring (bicyclic) bond motifs is 4. The Morgan fingerprint density at radius 1 is 1.10 bits per heavy atom. The molecule has 0 radical (unpaired) electrons. The van der Waals surface area contributed by atoms with E-state index in [-0.39, 0.29) is 0 Å². The highest BCUT2D eigenvalue weighted by atomic mass is 32.1. The highest BCUT2D eigenvalue weighted by Gasteiger charge is 2.22. The lowest BCUT2D eigenvalue weighted by atomic mass is 9.98. The third kappa shape index (κ3) is 2.96. The fraction of sp³-hybridized carbons (Fsp3) is 0.227. The molecule has 6 rings (SSSR count). The number of aromatic nitrogens is 5. The van der Waals surface area contributed by atoms with Gasteiger partial charge in [0.2, 0.25) is 5.13 Å². The summed E-state index contributed by atoms with van der Waals surface area (Å²) in [7, 11) is 0. The van der Waals surface area contributed by atoms with Crippen LogP contribution >= 0.6 is 11.3 Å². The fourth-order valence-corrected chi connectivity index (χ4v) is 5.00. The molecule has 4 heterocycles. The van der Waals surface area contributed by atoms with Gasteiger partial charge in [0.05, 0.1) is 11.2 Å². The minimum absolute atomic E-state index is 0.356. The van der Waals surface area contributed by atoms with Crippen molar-refractivity contribution in [1.82, 2.24) is 30.7 Å². The first-order valence-corrected chi connectivity index (χ1v) is 10.9. The molecule has 0 bridgehead atoms. The van der Waals surface area contributed by atoms with Crippen LogP contribution in [0.2, 0.25) is 0 Å². The van der Waals surface area contributed by atoms with E-state index < -0.39 is 0 Å². The normalized spacial score (nSPS) is 16.2. The summed E-state index contributed by atoms with van der Waals surface area (Å²) in [5.74, 6) is 0. The molecule has 1 aliphatic heterocycles. The van der Waals surface area contributed by atoms with Crippen LogP contribution in [0.15, 0.2) is 42.5 Å². The second-order valence-corrected chi connectivity index (χ2v) is 8.75. The fourth-order valence-electron chi connectivity index (χ4n) is 4.25. The number of nitrogens with zero attached hydrogens (tertiary/aromatic N) is 3. The average molecular weight is 416 g/mol. The van der Waals surface area contributed by atoms with Gasteiger partial charge in [-0.15, -0.1) is 10.2 Å². The lowest BCUT2D eigenvalue weighted by Gasteiger charge is -2.24. The van der Waals surface area contributed by atoms with Crippen molar-refractivity contribution < 1.29 is 0 Å². The van der Waals surface area contributed by atoms with Crippen molar-refractivity contribution in [2.75, 3.05) is 11.9 Å². The maximum atomic E-state index is 4.39. The quantitative estimate of drug-likeness (QED) is 0.356. The predicted octanol–water partition coefficient (Wildman–Crippen LogP) is 4.00. The first-order chi connectivity index (χ1) is 14.7. The van der Waals surface area contributed by atoms with Crippen LogP contribution in [0.4, 0.5) is 5.13 Å². The molecule has 0 spiro atoms. The molecular formula is C22H21N7S. The van der Waals surface area contributed by atoms with E-state index >= 15 is 0 Å². The average Bonchev–Trinajstić information content (AvgIpc) is 3.49. The zero-order chi connectivity index (χ0) is 20.1. The van der Waals surface area contributed by atoms with Gasteiger partial charge in [-0.2, -0.15) is 5.10 Å². The summed E-state index contributed by atoms with van der Waals surface area (Å²) in [6, 6.07) is 15.1. The lowest BCUT2D eigenvalue weighted by molar-refractivity contribution is 0.494. The van der Waals surface area contributed by atoms with E-state index in [1.165, 1.54) is 22.2 Å². The Morgan fingerprint density at radius 3 is 3.00 bits per heavy atom. The SMILES string of the molecule is Cc1n[nH]c2ccc(-c3nnc(NCC4Cc5c([nH]c6ccccc56)CN4)s3)cc12. The van der Waals surface area contributed by atoms with Gasteiger partial charge in [-0.05, 0) is 43.2 Å². The molecule has 8 heteroatoms. The van der Waals surface area contributed by atoms with Crippen molar-refractivity contribution in [2.24, 2.45) is 0 Å². The molecule has 0 saturated carbocycles. The summed E-state index contributed by atoms with van der Waals surface area (Å²) in [6.07, 6.45) is 0.994. The van der Waals surface area contributed by atoms with E-state index in [4.69, 9.17) is 0 Å². The topological polar surface area (TPSA) is 94.3 Å². The number of hydrogen-bond acceptors (Lipinski definition) is 6. The van der Waals surface area contributed by atoms with Crippen LogP contribution in [0, 0.1) is 6.92 Å². The molecule has 150 valence electrons. The molecule has 7 nitrogen and oxygen atoms in total. The van der Waals surface area contributed by atoms with Crippen molar-refractivity contribution >= 4 is 38.3 Å². The Bertz CT molecular complexity index is 1360. The summed E-state index contributed by atoms with van der Waals surface area (Å²) in [5, 5.41) is 27.4. The Balaban J connectivity index is 1.17. The largest absolute Gasteiger partial charge is 0.358 e. The molecule has 1 unspecified atom stereocenters. The molecule has 1 aliphatic rings. The number of para-hydroxylation sites is 1. The zero-order valence-electron chi connectivity index (χ0n) is 16.5. The van der Waals surface area contributed by atoms with Gasteiger partial charge in [0.15, 0.2) is 0 Å². The van der Waals surface area contributed by atoms with E-state index in [0.29, 0.717) is 6.04 Å². The standard InChI is InChI=1S/C22H21N7S/c1-12-16-8-13(6-7-19(16)27-26-12)21-28-29-22(30-21)24-10-14-9-17-15-4-2-3-5-18(15)25-20(17)11-23-14/h2-8,14,23,25H,9-11H2,1H3,(H,24,29)(H,26,27). The van der Waals surface area contributed by atoms with Crippen LogP contribution in [0.5, 0.6) is 0 Å². The number of rotatable bonds is 4. The van der Waals surface area contributed by atoms with Crippen molar-refractivity contribution in [3.05, 3.63) is 59.4 Å². The Kier molecular flexibility index (Phi) is 4.07. The molecule has 0 fully saturated rings. The van der Waals surface area contributed by atoms with E-state index in [1.54, 1.807) is 11.3 Å². The minimum Gasteiger partial charge on any atom is -0.358 e. The number of aromatic amines is 2. The lowest BCUT2D eigenvalue weighted by Crippen LogP contribution is -2.40. The number of hydrogen-bond donors (Lipinski definition) is 4. The maximum absolute atomic E-state index is 4.39. The van der Waals surface area contributed by atoms with Gasteiger partial charge in [-0.3, -0.25) is 5.10 Å². The molecular weight excluding hydrogens is 394 g/mol. The summed E-state index contributed by atoms with van der Waals surface area (Å²) >= 11 is 1.58. The second kappa shape index (κ2) is 6.93. The van der Waals surface area contributed by atoms with Gasteiger partial charge in [0.25, 0.3) is 0 Å². The van der Waals surface area contributed by atoms with Gasteiger partial charge >= 0.3 is 0 Å². The number of benzene rings is 2. The van der Waals surface area contributed by atoms with Crippen LogP contribution in [-0.4, -0.2) is 38.0 Å². The van der Waals surface area contributed by atoms with Crippen molar-refractivity contribution in [3.63, 3.8) is 0 Å². The van der Waals surface area contributed by atoms with Crippen LogP contribution in [-0.2, 0) is 13.0 Å². The third-order valence-corrected chi connectivity index (χ3v) is 6.78. The first-order valence-electron chi connectivity index (χ1n) is 10.1. The van der Waals surface area contributed by atoms with Gasteiger partial charge in [0, 0.05) is 46.7 Å². The van der Waals surface area contributed by atoms with Crippen molar-refractivity contribution in [1.29, 1.82) is 0 Å². The predicted molar refractivity (Wildman–Crippen MR) is 121 cm³/mol. The molecule has 3 aromatic heterocycles.